The summed E-state index contributed by atoms with van der Waals surface area (Å²) in [5, 5.41) is 8.11. The Labute approximate surface area is 106 Å². The van der Waals surface area contributed by atoms with Gasteiger partial charge >= 0.3 is 0 Å². The van der Waals surface area contributed by atoms with Crippen molar-refractivity contribution in [3.63, 3.8) is 0 Å². The average molecular weight is 248 g/mol. The summed E-state index contributed by atoms with van der Waals surface area (Å²) < 4.78 is 5.61. The molecule has 3 nitrogen and oxygen atoms in total. The molecule has 0 bridgehead atoms. The molecular formula is C13H16N2OS. The first-order valence-corrected chi connectivity index (χ1v) is 6.92. The Morgan fingerprint density at radius 2 is 1.94 bits per heavy atom. The van der Waals surface area contributed by atoms with Crippen molar-refractivity contribution >= 4 is 11.8 Å². The molecule has 0 spiro atoms. The molecule has 2 rings (SSSR count). The summed E-state index contributed by atoms with van der Waals surface area (Å²) in [6, 6.07) is 8.10. The topological polar surface area (TPSA) is 38.9 Å². The first-order valence-electron chi connectivity index (χ1n) is 5.76. The van der Waals surface area contributed by atoms with Crippen molar-refractivity contribution in [3.8, 4) is 11.5 Å². The molecule has 90 valence electrons. The molecule has 0 N–H and O–H groups in total. The van der Waals surface area contributed by atoms with Crippen LogP contribution >= 0.6 is 11.8 Å². The quantitative estimate of drug-likeness (QED) is 0.756. The van der Waals surface area contributed by atoms with Crippen molar-refractivity contribution in [1.29, 1.82) is 0 Å². The van der Waals surface area contributed by atoms with Gasteiger partial charge in [-0.1, -0.05) is 24.6 Å². The predicted octanol–water partition coefficient (Wildman–Crippen LogP) is 3.69. The fraction of sp³-hybridized carbons (Fsp3) is 0.385. The van der Waals surface area contributed by atoms with Gasteiger partial charge in [0.1, 0.15) is 0 Å². The van der Waals surface area contributed by atoms with Crippen molar-refractivity contribution in [2.45, 2.75) is 26.0 Å². The molecular weight excluding hydrogens is 232 g/mol. The van der Waals surface area contributed by atoms with E-state index in [1.165, 1.54) is 12.0 Å². The van der Waals surface area contributed by atoms with Crippen molar-refractivity contribution in [3.05, 3.63) is 35.7 Å². The average Bonchev–Trinajstić information content (AvgIpc) is 2.79. The number of rotatable bonds is 5. The lowest BCUT2D eigenvalue weighted by molar-refractivity contribution is 0.528. The van der Waals surface area contributed by atoms with E-state index in [1.807, 2.05) is 36.0 Å². The Bertz CT molecular complexity index is 465. The van der Waals surface area contributed by atoms with E-state index in [0.717, 1.165) is 17.1 Å². The SMILES string of the molecule is CCCSCc1nnc(-c2ccc(C)cc2)o1. The van der Waals surface area contributed by atoms with Gasteiger partial charge in [0.25, 0.3) is 0 Å². The van der Waals surface area contributed by atoms with Crippen molar-refractivity contribution in [1.82, 2.24) is 10.2 Å². The standard InChI is InChI=1S/C13H16N2OS/c1-3-8-17-9-12-14-15-13(16-12)11-6-4-10(2)5-7-11/h4-7H,3,8-9H2,1-2H3. The summed E-state index contributed by atoms with van der Waals surface area (Å²) >= 11 is 1.82. The third-order valence-electron chi connectivity index (χ3n) is 2.34. The van der Waals surface area contributed by atoms with Crippen LogP contribution in [0.4, 0.5) is 0 Å². The second-order valence-electron chi connectivity index (χ2n) is 3.92. The Hall–Kier alpha value is -1.29. The largest absolute Gasteiger partial charge is 0.420 e. The van der Waals surface area contributed by atoms with E-state index in [0.29, 0.717) is 11.8 Å². The molecule has 0 atom stereocenters. The van der Waals surface area contributed by atoms with E-state index in [2.05, 4.69) is 24.0 Å². The highest BCUT2D eigenvalue weighted by Gasteiger charge is 2.07. The highest BCUT2D eigenvalue weighted by Crippen LogP contribution is 2.20. The molecule has 0 amide bonds. The van der Waals surface area contributed by atoms with E-state index in [9.17, 15) is 0 Å². The second-order valence-corrected chi connectivity index (χ2v) is 5.02. The molecule has 0 unspecified atom stereocenters. The van der Waals surface area contributed by atoms with Gasteiger partial charge in [-0.3, -0.25) is 0 Å². The van der Waals surface area contributed by atoms with Crippen LogP contribution in [-0.2, 0) is 5.75 Å². The highest BCUT2D eigenvalue weighted by molar-refractivity contribution is 7.98. The first kappa shape index (κ1) is 12.2. The van der Waals surface area contributed by atoms with Gasteiger partial charge in [-0.15, -0.1) is 10.2 Å². The van der Waals surface area contributed by atoms with Gasteiger partial charge in [0.2, 0.25) is 11.8 Å². The first-order chi connectivity index (χ1) is 8.29. The molecule has 2 aromatic rings. The number of benzene rings is 1. The van der Waals surface area contributed by atoms with Gasteiger partial charge in [0, 0.05) is 5.56 Å². The van der Waals surface area contributed by atoms with Gasteiger partial charge in [0.15, 0.2) is 0 Å². The maximum Gasteiger partial charge on any atom is 0.247 e. The summed E-state index contributed by atoms with van der Waals surface area (Å²) in [6.45, 7) is 4.23. The van der Waals surface area contributed by atoms with Gasteiger partial charge < -0.3 is 4.42 Å². The Kier molecular flexibility index (Phi) is 4.20. The summed E-state index contributed by atoms with van der Waals surface area (Å²) in [6.07, 6.45) is 1.17. The van der Waals surface area contributed by atoms with Gasteiger partial charge in [-0.25, -0.2) is 0 Å². The molecule has 0 saturated carbocycles. The smallest absolute Gasteiger partial charge is 0.247 e. The van der Waals surface area contributed by atoms with Crippen LogP contribution in [0.25, 0.3) is 11.5 Å². The maximum atomic E-state index is 5.61. The summed E-state index contributed by atoms with van der Waals surface area (Å²) in [4.78, 5) is 0. The zero-order valence-electron chi connectivity index (χ0n) is 10.1. The van der Waals surface area contributed by atoms with Gasteiger partial charge in [-0.2, -0.15) is 11.8 Å². The minimum atomic E-state index is 0.608. The molecule has 1 heterocycles. The van der Waals surface area contributed by atoms with E-state index in [4.69, 9.17) is 4.42 Å². The lowest BCUT2D eigenvalue weighted by Gasteiger charge is -1.95. The molecule has 1 aromatic carbocycles. The van der Waals surface area contributed by atoms with Crippen LogP contribution < -0.4 is 0 Å². The lowest BCUT2D eigenvalue weighted by Crippen LogP contribution is -1.81. The van der Waals surface area contributed by atoms with E-state index >= 15 is 0 Å². The van der Waals surface area contributed by atoms with Crippen LogP contribution in [0, 0.1) is 6.92 Å². The molecule has 0 radical (unpaired) electrons. The Morgan fingerprint density at radius 1 is 1.18 bits per heavy atom. The molecule has 1 aromatic heterocycles. The van der Waals surface area contributed by atoms with Crippen LogP contribution in [0.3, 0.4) is 0 Å². The third kappa shape index (κ3) is 3.33. The zero-order valence-corrected chi connectivity index (χ0v) is 11.0. The Balaban J connectivity index is 2.04. The lowest BCUT2D eigenvalue weighted by atomic mass is 10.1. The molecule has 0 fully saturated rings. The Morgan fingerprint density at radius 3 is 2.65 bits per heavy atom. The maximum absolute atomic E-state index is 5.61. The molecule has 17 heavy (non-hydrogen) atoms. The predicted molar refractivity (Wildman–Crippen MR) is 70.9 cm³/mol. The van der Waals surface area contributed by atoms with Gasteiger partial charge in [0.05, 0.1) is 5.75 Å². The van der Waals surface area contributed by atoms with Crippen LogP contribution in [0.1, 0.15) is 24.8 Å². The van der Waals surface area contributed by atoms with Crippen LogP contribution in [0.2, 0.25) is 0 Å². The number of thioether (sulfide) groups is 1. The van der Waals surface area contributed by atoms with E-state index in [-0.39, 0.29) is 0 Å². The van der Waals surface area contributed by atoms with Crippen molar-refractivity contribution in [2.24, 2.45) is 0 Å². The number of nitrogens with zero attached hydrogens (tertiary/aromatic N) is 2. The normalized spacial score (nSPS) is 10.7. The monoisotopic (exact) mass is 248 g/mol. The zero-order chi connectivity index (χ0) is 12.1. The molecule has 4 heteroatoms. The van der Waals surface area contributed by atoms with Crippen molar-refractivity contribution < 1.29 is 4.42 Å². The van der Waals surface area contributed by atoms with Gasteiger partial charge in [-0.05, 0) is 31.2 Å². The second kappa shape index (κ2) is 5.87. The minimum absolute atomic E-state index is 0.608. The summed E-state index contributed by atoms with van der Waals surface area (Å²) in [7, 11) is 0. The molecule has 0 aliphatic rings. The van der Waals surface area contributed by atoms with Crippen molar-refractivity contribution in [2.75, 3.05) is 5.75 Å². The molecule has 0 aliphatic carbocycles. The van der Waals surface area contributed by atoms with E-state index in [1.54, 1.807) is 0 Å². The number of hydrogen-bond donors (Lipinski definition) is 0. The summed E-state index contributed by atoms with van der Waals surface area (Å²) in [5.74, 6) is 3.24. The fourth-order valence-electron chi connectivity index (χ4n) is 1.43. The van der Waals surface area contributed by atoms with Crippen LogP contribution in [-0.4, -0.2) is 16.0 Å². The fourth-order valence-corrected chi connectivity index (χ4v) is 2.15. The molecule has 0 saturated heterocycles. The third-order valence-corrected chi connectivity index (χ3v) is 3.49. The van der Waals surface area contributed by atoms with Crippen LogP contribution in [0.5, 0.6) is 0 Å². The molecule has 0 aliphatic heterocycles. The summed E-state index contributed by atoms with van der Waals surface area (Å²) in [5.41, 5.74) is 2.21. The minimum Gasteiger partial charge on any atom is -0.420 e. The van der Waals surface area contributed by atoms with Crippen LogP contribution in [0.15, 0.2) is 28.7 Å². The number of hydrogen-bond acceptors (Lipinski definition) is 4. The number of aryl methyl sites for hydroxylation is 1. The highest BCUT2D eigenvalue weighted by atomic mass is 32.2. The van der Waals surface area contributed by atoms with E-state index < -0.39 is 0 Å². The number of aromatic nitrogens is 2.